The molecule has 1 aromatic carbocycles. The summed E-state index contributed by atoms with van der Waals surface area (Å²) in [7, 11) is 1.93. The number of fused-ring (bicyclic) bond motifs is 2. The van der Waals surface area contributed by atoms with E-state index in [1.165, 1.54) is 10.6 Å². The molecule has 0 aliphatic carbocycles. The van der Waals surface area contributed by atoms with Crippen LogP contribution in [0, 0.1) is 0 Å². The Labute approximate surface area is 202 Å². The third-order valence-corrected chi connectivity index (χ3v) is 7.06. The summed E-state index contributed by atoms with van der Waals surface area (Å²) < 4.78 is 46.5. The molecule has 2 aliphatic rings. The van der Waals surface area contributed by atoms with Crippen LogP contribution in [0.2, 0.25) is 0 Å². The van der Waals surface area contributed by atoms with Crippen molar-refractivity contribution in [2.24, 2.45) is 0 Å². The summed E-state index contributed by atoms with van der Waals surface area (Å²) in [6, 6.07) is 7.88. The third-order valence-electron chi connectivity index (χ3n) is 7.06. The second-order valence-electron chi connectivity index (χ2n) is 9.47. The van der Waals surface area contributed by atoms with Gasteiger partial charge in [0, 0.05) is 43.0 Å². The number of aliphatic hydroxyl groups excluding tert-OH is 1. The Kier molecular flexibility index (Phi) is 6.72. The summed E-state index contributed by atoms with van der Waals surface area (Å²) >= 11 is 0. The van der Waals surface area contributed by atoms with Crippen LogP contribution in [0.3, 0.4) is 0 Å². The maximum atomic E-state index is 13.2. The number of hydrogen-bond acceptors (Lipinski definition) is 5. The fourth-order valence-electron chi connectivity index (χ4n) is 5.22. The largest absolute Gasteiger partial charge is 0.491 e. The molecule has 2 aromatic rings. The van der Waals surface area contributed by atoms with Crippen LogP contribution >= 0.6 is 0 Å². The first-order valence-corrected chi connectivity index (χ1v) is 11.7. The molecule has 4 rings (SSSR count). The number of carbonyl (C=O) groups excluding carboxylic acids is 2. The highest BCUT2D eigenvalue weighted by Gasteiger charge is 2.47. The van der Waals surface area contributed by atoms with Gasteiger partial charge in [-0.15, -0.1) is 0 Å². The van der Waals surface area contributed by atoms with Gasteiger partial charge in [-0.3, -0.25) is 14.5 Å². The van der Waals surface area contributed by atoms with E-state index in [0.29, 0.717) is 61.6 Å². The predicted octanol–water partition coefficient (Wildman–Crippen LogP) is 3.59. The van der Waals surface area contributed by atoms with E-state index in [2.05, 4.69) is 4.90 Å². The summed E-state index contributed by atoms with van der Waals surface area (Å²) in [5, 5.41) is 9.72. The Balaban J connectivity index is 1.54. The molecular formula is C25H30F3N3O4. The lowest BCUT2D eigenvalue weighted by Crippen LogP contribution is -2.56. The van der Waals surface area contributed by atoms with E-state index in [1.807, 2.05) is 20.9 Å². The minimum absolute atomic E-state index is 0.0708. The summed E-state index contributed by atoms with van der Waals surface area (Å²) in [6.07, 6.45) is -3.94. The van der Waals surface area contributed by atoms with Crippen LogP contribution in [0.1, 0.15) is 58.8 Å². The summed E-state index contributed by atoms with van der Waals surface area (Å²) in [4.78, 5) is 29.0. The molecule has 35 heavy (non-hydrogen) atoms. The van der Waals surface area contributed by atoms with E-state index >= 15 is 0 Å². The van der Waals surface area contributed by atoms with E-state index in [1.54, 1.807) is 29.2 Å². The lowest BCUT2D eigenvalue weighted by molar-refractivity contribution is -0.0892. The number of benzene rings is 1. The first-order valence-electron chi connectivity index (χ1n) is 11.7. The quantitative estimate of drug-likeness (QED) is 0.645. The van der Waals surface area contributed by atoms with Gasteiger partial charge in [0.15, 0.2) is 0 Å². The van der Waals surface area contributed by atoms with Gasteiger partial charge in [0.25, 0.3) is 11.7 Å². The molecule has 0 saturated carbocycles. The normalized spacial score (nSPS) is 18.1. The number of carbonyl (C=O) groups is 2. The van der Waals surface area contributed by atoms with E-state index in [9.17, 15) is 27.9 Å². The zero-order chi connectivity index (χ0) is 25.5. The number of Topliss-reactive ketones (excluding diaryl/α,β-unsaturated/α-hetero) is 1. The molecule has 2 aliphatic heterocycles. The average molecular weight is 494 g/mol. The molecule has 3 heterocycles. The summed E-state index contributed by atoms with van der Waals surface area (Å²) in [5.74, 6) is -1.47. The number of aliphatic hydroxyl groups is 1. The van der Waals surface area contributed by atoms with Crippen LogP contribution in [0.25, 0.3) is 0 Å². The van der Waals surface area contributed by atoms with Crippen molar-refractivity contribution in [3.05, 3.63) is 52.8 Å². The number of rotatable bonds is 5. The Hall–Kier alpha value is -2.85. The summed E-state index contributed by atoms with van der Waals surface area (Å²) in [5.41, 5.74) is 0.774. The molecule has 1 N–H and O–H groups in total. The molecule has 0 atom stereocenters. The number of halogens is 3. The Morgan fingerprint density at radius 3 is 2.37 bits per heavy atom. The average Bonchev–Trinajstić information content (AvgIpc) is 3.25. The molecule has 10 heteroatoms. The zero-order valence-electron chi connectivity index (χ0n) is 20.1. The lowest BCUT2D eigenvalue weighted by Gasteiger charge is -2.50. The smallest absolute Gasteiger partial charge is 0.456 e. The second-order valence-corrected chi connectivity index (χ2v) is 9.47. The van der Waals surface area contributed by atoms with Crippen LogP contribution < -0.4 is 4.74 Å². The molecule has 0 unspecified atom stereocenters. The highest BCUT2D eigenvalue weighted by atomic mass is 19.4. The fourth-order valence-corrected chi connectivity index (χ4v) is 5.22. The topological polar surface area (TPSA) is 75.0 Å². The highest BCUT2D eigenvalue weighted by Crippen LogP contribution is 2.42. The van der Waals surface area contributed by atoms with Gasteiger partial charge in [-0.05, 0) is 64.1 Å². The third kappa shape index (κ3) is 4.56. The van der Waals surface area contributed by atoms with Crippen LogP contribution in [-0.2, 0) is 18.7 Å². The van der Waals surface area contributed by atoms with Gasteiger partial charge in [0.1, 0.15) is 5.75 Å². The number of ether oxygens (including phenoxy) is 1. The number of piperidine rings is 1. The molecule has 0 bridgehead atoms. The molecule has 1 fully saturated rings. The Morgan fingerprint density at radius 2 is 1.77 bits per heavy atom. The number of alkyl halides is 3. The van der Waals surface area contributed by atoms with Crippen molar-refractivity contribution in [1.29, 1.82) is 0 Å². The zero-order valence-corrected chi connectivity index (χ0v) is 20.1. The number of hydrogen-bond donors (Lipinski definition) is 1. The van der Waals surface area contributed by atoms with Gasteiger partial charge >= 0.3 is 6.18 Å². The number of amides is 1. The van der Waals surface area contributed by atoms with Crippen molar-refractivity contribution in [2.45, 2.75) is 57.7 Å². The van der Waals surface area contributed by atoms with Crippen molar-refractivity contribution in [1.82, 2.24) is 14.4 Å². The maximum Gasteiger partial charge on any atom is 0.456 e. The van der Waals surface area contributed by atoms with Crippen LogP contribution in [-0.4, -0.2) is 70.1 Å². The van der Waals surface area contributed by atoms with Crippen molar-refractivity contribution in [2.75, 3.05) is 26.7 Å². The Morgan fingerprint density at radius 1 is 1.09 bits per heavy atom. The molecule has 1 aromatic heterocycles. The predicted molar refractivity (Wildman–Crippen MR) is 122 cm³/mol. The van der Waals surface area contributed by atoms with Crippen LogP contribution in [0.15, 0.2) is 30.3 Å². The molecule has 190 valence electrons. The van der Waals surface area contributed by atoms with Gasteiger partial charge in [-0.2, -0.15) is 13.2 Å². The molecule has 1 saturated heterocycles. The first-order chi connectivity index (χ1) is 16.5. The van der Waals surface area contributed by atoms with Crippen molar-refractivity contribution < 1.29 is 32.6 Å². The first kappa shape index (κ1) is 25.2. The number of likely N-dealkylation sites (N-methyl/N-ethyl adjacent to an activating group) is 1. The number of nitrogens with zero attached hydrogens (tertiary/aromatic N) is 3. The second kappa shape index (κ2) is 9.31. The van der Waals surface area contributed by atoms with Gasteiger partial charge in [-0.1, -0.05) is 0 Å². The minimum Gasteiger partial charge on any atom is -0.491 e. The monoisotopic (exact) mass is 493 g/mol. The van der Waals surface area contributed by atoms with Crippen LogP contribution in [0.5, 0.6) is 5.75 Å². The number of aromatic nitrogens is 1. The molecule has 7 nitrogen and oxygen atoms in total. The van der Waals surface area contributed by atoms with Gasteiger partial charge < -0.3 is 19.3 Å². The van der Waals surface area contributed by atoms with E-state index < -0.39 is 17.5 Å². The van der Waals surface area contributed by atoms with Gasteiger partial charge in [0.2, 0.25) is 0 Å². The molecule has 0 radical (unpaired) electrons. The molecular weight excluding hydrogens is 463 g/mol. The number of ketones is 1. The highest BCUT2D eigenvalue weighted by molar-refractivity contribution is 5.99. The molecule has 1 spiro atoms. The van der Waals surface area contributed by atoms with E-state index in [-0.39, 0.29) is 24.3 Å². The van der Waals surface area contributed by atoms with Gasteiger partial charge in [0.05, 0.1) is 23.9 Å². The van der Waals surface area contributed by atoms with Crippen LogP contribution in [0.4, 0.5) is 13.2 Å². The van der Waals surface area contributed by atoms with E-state index in [0.717, 1.165) is 0 Å². The van der Waals surface area contributed by atoms with Gasteiger partial charge in [-0.25, -0.2) is 0 Å². The Bertz CT molecular complexity index is 1120. The number of likely N-dealkylation sites (tertiary alicyclic amines) is 1. The van der Waals surface area contributed by atoms with Crippen molar-refractivity contribution >= 4 is 11.7 Å². The van der Waals surface area contributed by atoms with Crippen molar-refractivity contribution in [3.63, 3.8) is 0 Å². The lowest BCUT2D eigenvalue weighted by atomic mass is 9.81. The fraction of sp³-hybridized carbons (Fsp3) is 0.520. The minimum atomic E-state index is -4.93. The standard InChI is InChI=1S/C25H30F3N3O4/c1-16(2)35-20-6-4-17(14-18(20)15-32)23(34)30-10-8-24(9-11-30)21-7-5-19(22(33)25(26,27)28)31(21)13-12-29(24)3/h4-7,14,16,32H,8-13,15H2,1-3H3. The SMILES string of the molecule is CC(C)Oc1ccc(C(=O)N2CCC3(CC2)c2ccc(C(=O)C(F)(F)F)n2CCN3C)cc1CO. The molecule has 1 amide bonds. The van der Waals surface area contributed by atoms with Crippen molar-refractivity contribution in [3.8, 4) is 5.75 Å². The summed E-state index contributed by atoms with van der Waals surface area (Å²) in [6.45, 7) is 5.13. The van der Waals surface area contributed by atoms with E-state index in [4.69, 9.17) is 4.74 Å². The maximum absolute atomic E-state index is 13.2.